The van der Waals surface area contributed by atoms with Gasteiger partial charge in [-0.25, -0.2) is 0 Å². The van der Waals surface area contributed by atoms with Crippen molar-refractivity contribution in [1.82, 2.24) is 5.32 Å². The lowest BCUT2D eigenvalue weighted by Gasteiger charge is -2.14. The number of carbonyl (C=O) groups is 1. The Bertz CT molecular complexity index is 504. The molecule has 0 aliphatic rings. The molecular formula is C13H15NO3S. The average molecular weight is 265 g/mol. The maximum atomic E-state index is 10.9. The predicted molar refractivity (Wildman–Crippen MR) is 69.6 cm³/mol. The summed E-state index contributed by atoms with van der Waals surface area (Å²) in [5, 5.41) is 14.1. The van der Waals surface area contributed by atoms with Gasteiger partial charge in [-0.05, 0) is 30.0 Å². The van der Waals surface area contributed by atoms with Gasteiger partial charge in [0, 0.05) is 4.88 Å². The quantitative estimate of drug-likeness (QED) is 0.843. The van der Waals surface area contributed by atoms with Crippen molar-refractivity contribution in [3.63, 3.8) is 0 Å². The summed E-state index contributed by atoms with van der Waals surface area (Å²) >= 11 is 1.56. The number of rotatable bonds is 6. The number of carboxylic acids is 1. The predicted octanol–water partition coefficient (Wildman–Crippen LogP) is 2.96. The highest BCUT2D eigenvalue weighted by atomic mass is 32.1. The van der Waals surface area contributed by atoms with Gasteiger partial charge in [-0.3, -0.25) is 4.79 Å². The summed E-state index contributed by atoms with van der Waals surface area (Å²) in [4.78, 5) is 11.9. The van der Waals surface area contributed by atoms with E-state index >= 15 is 0 Å². The summed E-state index contributed by atoms with van der Waals surface area (Å²) in [7, 11) is 0. The van der Waals surface area contributed by atoms with Gasteiger partial charge < -0.3 is 14.8 Å². The third kappa shape index (κ3) is 3.21. The minimum Gasteiger partial charge on any atom is -0.481 e. The van der Waals surface area contributed by atoms with E-state index in [0.29, 0.717) is 6.54 Å². The SMILES string of the molecule is Cc1ccoc1CNC(CC(=O)O)c1cccs1. The summed E-state index contributed by atoms with van der Waals surface area (Å²) in [6, 6.07) is 5.59. The molecule has 2 heterocycles. The minimum atomic E-state index is -0.808. The van der Waals surface area contributed by atoms with Crippen LogP contribution in [0.15, 0.2) is 34.3 Å². The first-order chi connectivity index (χ1) is 8.66. The lowest BCUT2D eigenvalue weighted by atomic mass is 10.1. The highest BCUT2D eigenvalue weighted by molar-refractivity contribution is 7.10. The normalized spacial score (nSPS) is 12.5. The van der Waals surface area contributed by atoms with Gasteiger partial charge >= 0.3 is 5.97 Å². The molecule has 4 nitrogen and oxygen atoms in total. The summed E-state index contributed by atoms with van der Waals surface area (Å²) in [6.45, 7) is 2.51. The van der Waals surface area contributed by atoms with Gasteiger partial charge in [0.2, 0.25) is 0 Å². The topological polar surface area (TPSA) is 62.5 Å². The number of thiophene rings is 1. The number of nitrogens with one attached hydrogen (secondary N) is 1. The molecule has 2 rings (SSSR count). The summed E-state index contributed by atoms with van der Waals surface area (Å²) in [6.07, 6.45) is 1.71. The molecule has 1 unspecified atom stereocenters. The fourth-order valence-electron chi connectivity index (χ4n) is 1.74. The van der Waals surface area contributed by atoms with Crippen LogP contribution in [-0.4, -0.2) is 11.1 Å². The standard InChI is InChI=1S/C13H15NO3S/c1-9-4-5-17-11(9)8-14-10(7-13(15)16)12-3-2-6-18-12/h2-6,10,14H,7-8H2,1H3,(H,15,16). The third-order valence-electron chi connectivity index (χ3n) is 2.74. The Labute approximate surface area is 109 Å². The number of carboxylic acid groups (broad SMARTS) is 1. The Morgan fingerprint density at radius 3 is 2.94 bits per heavy atom. The van der Waals surface area contributed by atoms with Crippen molar-refractivity contribution < 1.29 is 14.3 Å². The molecule has 5 heteroatoms. The molecule has 2 aromatic rings. The molecule has 1 atom stereocenters. The van der Waals surface area contributed by atoms with Crippen LogP contribution in [0.25, 0.3) is 0 Å². The van der Waals surface area contributed by atoms with E-state index < -0.39 is 5.97 Å². The van der Waals surface area contributed by atoms with E-state index in [-0.39, 0.29) is 12.5 Å². The van der Waals surface area contributed by atoms with Crippen LogP contribution in [-0.2, 0) is 11.3 Å². The van der Waals surface area contributed by atoms with Crippen molar-refractivity contribution in [2.75, 3.05) is 0 Å². The molecule has 0 aliphatic heterocycles. The second kappa shape index (κ2) is 5.84. The van der Waals surface area contributed by atoms with E-state index in [1.807, 2.05) is 30.5 Å². The van der Waals surface area contributed by atoms with Gasteiger partial charge in [-0.1, -0.05) is 6.07 Å². The second-order valence-corrected chi connectivity index (χ2v) is 5.05. The Morgan fingerprint density at radius 1 is 1.56 bits per heavy atom. The van der Waals surface area contributed by atoms with Crippen molar-refractivity contribution in [1.29, 1.82) is 0 Å². The highest BCUT2D eigenvalue weighted by Gasteiger charge is 2.16. The second-order valence-electron chi connectivity index (χ2n) is 4.07. The molecule has 2 aromatic heterocycles. The Morgan fingerprint density at radius 2 is 2.39 bits per heavy atom. The number of hydrogen-bond donors (Lipinski definition) is 2. The van der Waals surface area contributed by atoms with Gasteiger partial charge in [0.15, 0.2) is 0 Å². The average Bonchev–Trinajstić information content (AvgIpc) is 2.95. The first-order valence-corrected chi connectivity index (χ1v) is 6.56. The molecule has 96 valence electrons. The number of aliphatic carboxylic acids is 1. The van der Waals surface area contributed by atoms with Crippen LogP contribution < -0.4 is 5.32 Å². The Kier molecular flexibility index (Phi) is 4.17. The van der Waals surface area contributed by atoms with Gasteiger partial charge in [0.05, 0.1) is 25.3 Å². The molecule has 0 aliphatic carbocycles. The maximum absolute atomic E-state index is 10.9. The molecule has 0 spiro atoms. The van der Waals surface area contributed by atoms with E-state index in [0.717, 1.165) is 16.2 Å². The fourth-order valence-corrected chi connectivity index (χ4v) is 2.54. The highest BCUT2D eigenvalue weighted by Crippen LogP contribution is 2.23. The molecular weight excluding hydrogens is 250 g/mol. The molecule has 0 bridgehead atoms. The van der Waals surface area contributed by atoms with E-state index in [9.17, 15) is 4.79 Å². The summed E-state index contributed by atoms with van der Waals surface area (Å²) in [5.74, 6) is 0.0408. The molecule has 0 fully saturated rings. The van der Waals surface area contributed by atoms with E-state index in [1.54, 1.807) is 17.6 Å². The largest absolute Gasteiger partial charge is 0.481 e. The van der Waals surface area contributed by atoms with Gasteiger partial charge in [0.25, 0.3) is 0 Å². The summed E-state index contributed by atoms with van der Waals surface area (Å²) < 4.78 is 5.33. The molecule has 2 N–H and O–H groups in total. The van der Waals surface area contributed by atoms with Crippen molar-refractivity contribution in [3.8, 4) is 0 Å². The van der Waals surface area contributed by atoms with Gasteiger partial charge in [-0.15, -0.1) is 11.3 Å². The monoisotopic (exact) mass is 265 g/mol. The zero-order valence-electron chi connectivity index (χ0n) is 10.1. The summed E-state index contributed by atoms with van der Waals surface area (Å²) in [5.41, 5.74) is 1.07. The van der Waals surface area contributed by atoms with Crippen LogP contribution in [0.3, 0.4) is 0 Å². The lowest BCUT2D eigenvalue weighted by molar-refractivity contribution is -0.137. The Balaban J connectivity index is 2.02. The number of aryl methyl sites for hydroxylation is 1. The van der Waals surface area contributed by atoms with E-state index in [1.165, 1.54) is 0 Å². The minimum absolute atomic E-state index is 0.0697. The van der Waals surface area contributed by atoms with Crippen LogP contribution in [0, 0.1) is 6.92 Å². The van der Waals surface area contributed by atoms with Crippen molar-refractivity contribution in [3.05, 3.63) is 46.0 Å². The van der Waals surface area contributed by atoms with Crippen LogP contribution in [0.1, 0.15) is 28.7 Å². The van der Waals surface area contributed by atoms with Crippen LogP contribution in [0.4, 0.5) is 0 Å². The zero-order valence-corrected chi connectivity index (χ0v) is 10.9. The number of hydrogen-bond acceptors (Lipinski definition) is 4. The smallest absolute Gasteiger partial charge is 0.305 e. The van der Waals surface area contributed by atoms with Crippen LogP contribution in [0.5, 0.6) is 0 Å². The molecule has 0 aromatic carbocycles. The molecule has 0 radical (unpaired) electrons. The van der Waals surface area contributed by atoms with Crippen LogP contribution >= 0.6 is 11.3 Å². The first kappa shape index (κ1) is 12.9. The molecule has 0 saturated heterocycles. The van der Waals surface area contributed by atoms with Crippen LogP contribution in [0.2, 0.25) is 0 Å². The number of furan rings is 1. The van der Waals surface area contributed by atoms with E-state index in [4.69, 9.17) is 9.52 Å². The molecule has 18 heavy (non-hydrogen) atoms. The third-order valence-corrected chi connectivity index (χ3v) is 3.73. The Hall–Kier alpha value is -1.59. The zero-order chi connectivity index (χ0) is 13.0. The first-order valence-electron chi connectivity index (χ1n) is 5.68. The van der Waals surface area contributed by atoms with Crippen molar-refractivity contribution in [2.45, 2.75) is 25.9 Å². The molecule has 0 amide bonds. The van der Waals surface area contributed by atoms with Crippen molar-refractivity contribution >= 4 is 17.3 Å². The fraction of sp³-hybridized carbons (Fsp3) is 0.308. The molecule has 0 saturated carbocycles. The maximum Gasteiger partial charge on any atom is 0.305 e. The van der Waals surface area contributed by atoms with E-state index in [2.05, 4.69) is 5.32 Å². The van der Waals surface area contributed by atoms with Gasteiger partial charge in [0.1, 0.15) is 5.76 Å². The van der Waals surface area contributed by atoms with Crippen molar-refractivity contribution in [2.24, 2.45) is 0 Å². The lowest BCUT2D eigenvalue weighted by Crippen LogP contribution is -2.22. The van der Waals surface area contributed by atoms with Gasteiger partial charge in [-0.2, -0.15) is 0 Å².